The number of hydrogen-bond donors (Lipinski definition) is 0. The fraction of sp³-hybridized carbons (Fsp3) is 0.222. The molecule has 73 valence electrons. The smallest absolute Gasteiger partial charge is 0.224 e. The van der Waals surface area contributed by atoms with Crippen LogP contribution in [0.15, 0.2) is 16.9 Å². The predicted molar refractivity (Wildman–Crippen MR) is 60.2 cm³/mol. The molecule has 5 heteroatoms. The average molecular weight is 274 g/mol. The van der Waals surface area contributed by atoms with Crippen molar-refractivity contribution < 1.29 is 0 Å². The minimum atomic E-state index is 0.272. The van der Waals surface area contributed by atoms with E-state index in [2.05, 4.69) is 32.8 Å². The lowest BCUT2D eigenvalue weighted by Crippen LogP contribution is -1.96. The third-order valence-corrected chi connectivity index (χ3v) is 2.75. The van der Waals surface area contributed by atoms with Gasteiger partial charge in [-0.25, -0.2) is 4.98 Å². The van der Waals surface area contributed by atoms with Crippen LogP contribution in [-0.4, -0.2) is 14.5 Å². The molecule has 0 aromatic carbocycles. The predicted octanol–water partition coefficient (Wildman–Crippen LogP) is 3.07. The maximum atomic E-state index is 5.73. The Hall–Kier alpha value is -0.610. The van der Waals surface area contributed by atoms with Gasteiger partial charge >= 0.3 is 0 Å². The monoisotopic (exact) mass is 272 g/mol. The van der Waals surface area contributed by atoms with Crippen LogP contribution < -0.4 is 0 Å². The van der Waals surface area contributed by atoms with Crippen LogP contribution in [0.5, 0.6) is 0 Å². The van der Waals surface area contributed by atoms with E-state index in [0.29, 0.717) is 0 Å². The molecule has 0 N–H and O–H groups in total. The Morgan fingerprint density at radius 2 is 2.36 bits per heavy atom. The van der Waals surface area contributed by atoms with E-state index in [1.54, 1.807) is 6.20 Å². The van der Waals surface area contributed by atoms with Gasteiger partial charge in [0.05, 0.1) is 5.39 Å². The molecule has 0 bridgehead atoms. The molecular weight excluding hydrogens is 265 g/mol. The number of fused-ring (bicyclic) bond motifs is 1. The molecule has 0 amide bonds. The van der Waals surface area contributed by atoms with Crippen molar-refractivity contribution in [3.05, 3.63) is 29.1 Å². The van der Waals surface area contributed by atoms with Crippen LogP contribution in [0.4, 0.5) is 0 Å². The summed E-state index contributed by atoms with van der Waals surface area (Å²) in [6, 6.07) is 0. The number of aromatic nitrogens is 3. The molecule has 14 heavy (non-hydrogen) atoms. The van der Waals surface area contributed by atoms with E-state index in [1.807, 2.05) is 10.8 Å². The maximum Gasteiger partial charge on any atom is 0.224 e. The largest absolute Gasteiger partial charge is 0.331 e. The first-order valence-electron chi connectivity index (χ1n) is 4.18. The van der Waals surface area contributed by atoms with Crippen molar-refractivity contribution in [3.8, 4) is 0 Å². The molecule has 0 saturated heterocycles. The Labute approximate surface area is 95.2 Å². The highest BCUT2D eigenvalue weighted by atomic mass is 79.9. The lowest BCUT2D eigenvalue weighted by atomic mass is 10.4. The van der Waals surface area contributed by atoms with Gasteiger partial charge in [0.2, 0.25) is 5.28 Å². The maximum absolute atomic E-state index is 5.73. The Morgan fingerprint density at radius 3 is 3.07 bits per heavy atom. The van der Waals surface area contributed by atoms with Gasteiger partial charge in [-0.1, -0.05) is 6.92 Å². The van der Waals surface area contributed by atoms with Crippen LogP contribution in [-0.2, 0) is 6.54 Å². The Bertz CT molecular complexity index is 466. The molecule has 0 saturated carbocycles. The van der Waals surface area contributed by atoms with Crippen molar-refractivity contribution in [1.29, 1.82) is 0 Å². The molecule has 0 aliphatic carbocycles. The van der Waals surface area contributed by atoms with Gasteiger partial charge in [0.15, 0.2) is 0 Å². The third-order valence-electron chi connectivity index (χ3n) is 1.94. The summed E-state index contributed by atoms with van der Waals surface area (Å²) < 4.78 is 3.00. The van der Waals surface area contributed by atoms with E-state index >= 15 is 0 Å². The summed E-state index contributed by atoms with van der Waals surface area (Å²) in [6.45, 7) is 4.64. The Morgan fingerprint density at radius 1 is 1.57 bits per heavy atom. The summed E-state index contributed by atoms with van der Waals surface area (Å²) in [5.41, 5.74) is 0.848. The van der Waals surface area contributed by atoms with Crippen molar-refractivity contribution in [3.63, 3.8) is 0 Å². The van der Waals surface area contributed by atoms with Crippen molar-refractivity contribution in [1.82, 2.24) is 14.5 Å². The van der Waals surface area contributed by atoms with E-state index in [4.69, 9.17) is 11.6 Å². The zero-order valence-electron chi connectivity index (χ0n) is 7.37. The standard InChI is InChI=1S/C9H8BrClN3/c1-2-3-14-5-7(10)6-4-12-9(11)13-8(6)14/h4-5H,1-3H2. The topological polar surface area (TPSA) is 30.7 Å². The SMILES string of the molecule is [CH2]CCn1cc(Br)c2cnc(Cl)nc21. The van der Waals surface area contributed by atoms with Crippen molar-refractivity contribution in [2.24, 2.45) is 0 Å². The summed E-state index contributed by atoms with van der Waals surface area (Å²) >= 11 is 9.18. The summed E-state index contributed by atoms with van der Waals surface area (Å²) in [6.07, 6.45) is 4.51. The normalized spacial score (nSPS) is 11.1. The lowest BCUT2D eigenvalue weighted by molar-refractivity contribution is 0.727. The van der Waals surface area contributed by atoms with Gasteiger partial charge in [0.1, 0.15) is 5.65 Å². The van der Waals surface area contributed by atoms with Gasteiger partial charge in [-0.3, -0.25) is 0 Å². The Kier molecular flexibility index (Phi) is 2.74. The molecule has 1 radical (unpaired) electrons. The highest BCUT2D eigenvalue weighted by Crippen LogP contribution is 2.25. The van der Waals surface area contributed by atoms with Gasteiger partial charge in [0.25, 0.3) is 0 Å². The molecule has 2 aromatic rings. The Balaban J connectivity index is 2.66. The molecular formula is C9H8BrClN3. The molecule has 0 unspecified atom stereocenters. The molecule has 0 aliphatic rings. The summed E-state index contributed by atoms with van der Waals surface area (Å²) in [5, 5.41) is 1.25. The van der Waals surface area contributed by atoms with E-state index in [-0.39, 0.29) is 5.28 Å². The van der Waals surface area contributed by atoms with Crippen LogP contribution >= 0.6 is 27.5 Å². The second-order valence-corrected chi connectivity index (χ2v) is 4.09. The second-order valence-electron chi connectivity index (χ2n) is 2.90. The van der Waals surface area contributed by atoms with Gasteiger partial charge in [-0.05, 0) is 34.0 Å². The zero-order valence-corrected chi connectivity index (χ0v) is 9.72. The molecule has 2 heterocycles. The number of aryl methyl sites for hydroxylation is 1. The number of halogens is 2. The summed E-state index contributed by atoms with van der Waals surface area (Å²) in [7, 11) is 0. The van der Waals surface area contributed by atoms with E-state index in [1.165, 1.54) is 0 Å². The van der Waals surface area contributed by atoms with Crippen LogP contribution in [0, 0.1) is 6.92 Å². The molecule has 0 spiro atoms. The first-order valence-corrected chi connectivity index (χ1v) is 5.35. The molecule has 3 nitrogen and oxygen atoms in total. The molecule has 2 rings (SSSR count). The van der Waals surface area contributed by atoms with Crippen molar-refractivity contribution in [2.45, 2.75) is 13.0 Å². The number of hydrogen-bond acceptors (Lipinski definition) is 2. The minimum absolute atomic E-state index is 0.272. The van der Waals surface area contributed by atoms with Gasteiger partial charge < -0.3 is 4.57 Å². The highest BCUT2D eigenvalue weighted by Gasteiger charge is 2.08. The van der Waals surface area contributed by atoms with Gasteiger partial charge in [0, 0.05) is 23.4 Å². The summed E-state index contributed by atoms with van der Waals surface area (Å²) in [4.78, 5) is 8.11. The second kappa shape index (κ2) is 3.87. The van der Waals surface area contributed by atoms with Crippen molar-refractivity contribution in [2.75, 3.05) is 0 Å². The third kappa shape index (κ3) is 1.64. The molecule has 2 aromatic heterocycles. The van der Waals surface area contributed by atoms with Crippen molar-refractivity contribution >= 4 is 38.6 Å². The van der Waals surface area contributed by atoms with Gasteiger partial charge in [-0.2, -0.15) is 4.98 Å². The molecule has 0 aliphatic heterocycles. The first-order chi connectivity index (χ1) is 6.72. The first kappa shape index (κ1) is 9.93. The summed E-state index contributed by atoms with van der Waals surface area (Å²) in [5.74, 6) is 0. The highest BCUT2D eigenvalue weighted by molar-refractivity contribution is 9.10. The van der Waals surface area contributed by atoms with Crippen LogP contribution in [0.25, 0.3) is 11.0 Å². The fourth-order valence-electron chi connectivity index (χ4n) is 1.35. The van der Waals surface area contributed by atoms with E-state index in [9.17, 15) is 0 Å². The number of rotatable bonds is 2. The average Bonchev–Trinajstić information content (AvgIpc) is 2.44. The lowest BCUT2D eigenvalue weighted by Gasteiger charge is -2.00. The fourth-order valence-corrected chi connectivity index (χ4v) is 2.00. The van der Waals surface area contributed by atoms with Gasteiger partial charge in [-0.15, -0.1) is 0 Å². The minimum Gasteiger partial charge on any atom is -0.331 e. The quantitative estimate of drug-likeness (QED) is 0.787. The van der Waals surface area contributed by atoms with E-state index < -0.39 is 0 Å². The molecule has 0 fully saturated rings. The number of nitrogens with zero attached hydrogens (tertiary/aromatic N) is 3. The molecule has 0 atom stereocenters. The van der Waals surface area contributed by atoms with Crippen LogP contribution in [0.2, 0.25) is 5.28 Å². The van der Waals surface area contributed by atoms with Crippen LogP contribution in [0.1, 0.15) is 6.42 Å². The van der Waals surface area contributed by atoms with Crippen LogP contribution in [0.3, 0.4) is 0 Å². The zero-order chi connectivity index (χ0) is 10.1. The van der Waals surface area contributed by atoms with E-state index in [0.717, 1.165) is 28.5 Å².